The first-order valence-electron chi connectivity index (χ1n) is 6.70. The van der Waals surface area contributed by atoms with E-state index in [0.29, 0.717) is 12.6 Å². The average molecular weight is 228 g/mol. The zero-order chi connectivity index (χ0) is 12.2. The Bertz CT molecular complexity index is 171. The number of carbonyl (C=O) groups is 1. The summed E-state index contributed by atoms with van der Waals surface area (Å²) < 4.78 is 0. The summed E-state index contributed by atoms with van der Waals surface area (Å²) in [7, 11) is 0. The second-order valence-corrected chi connectivity index (χ2v) is 4.48. The SMILES string of the molecule is CCCCCC(C)NCC(=O)NCCCC. The van der Waals surface area contributed by atoms with E-state index in [1.165, 1.54) is 19.3 Å². The van der Waals surface area contributed by atoms with Gasteiger partial charge in [-0.15, -0.1) is 0 Å². The van der Waals surface area contributed by atoms with Crippen molar-refractivity contribution in [1.82, 2.24) is 10.6 Å². The molecule has 0 aliphatic rings. The molecule has 2 N–H and O–H groups in total. The van der Waals surface area contributed by atoms with Gasteiger partial charge in [-0.1, -0.05) is 39.5 Å². The van der Waals surface area contributed by atoms with Crippen molar-refractivity contribution in [2.75, 3.05) is 13.1 Å². The summed E-state index contributed by atoms with van der Waals surface area (Å²) in [6, 6.07) is 0.448. The van der Waals surface area contributed by atoms with E-state index in [-0.39, 0.29) is 5.91 Å². The molecule has 0 radical (unpaired) electrons. The first kappa shape index (κ1) is 15.4. The second kappa shape index (κ2) is 10.9. The smallest absolute Gasteiger partial charge is 0.233 e. The van der Waals surface area contributed by atoms with Crippen molar-refractivity contribution in [2.24, 2.45) is 0 Å². The van der Waals surface area contributed by atoms with Crippen LogP contribution in [0.3, 0.4) is 0 Å². The highest BCUT2D eigenvalue weighted by Crippen LogP contribution is 2.02. The molecular weight excluding hydrogens is 200 g/mol. The molecule has 96 valence electrons. The van der Waals surface area contributed by atoms with Gasteiger partial charge in [-0.3, -0.25) is 4.79 Å². The third-order valence-electron chi connectivity index (χ3n) is 2.70. The van der Waals surface area contributed by atoms with Crippen molar-refractivity contribution in [1.29, 1.82) is 0 Å². The molecule has 0 rings (SSSR count). The Hall–Kier alpha value is -0.570. The lowest BCUT2D eigenvalue weighted by atomic mass is 10.1. The predicted octanol–water partition coefficient (Wildman–Crippen LogP) is 2.46. The van der Waals surface area contributed by atoms with Crippen LogP contribution in [0.5, 0.6) is 0 Å². The molecule has 0 bridgehead atoms. The topological polar surface area (TPSA) is 41.1 Å². The van der Waals surface area contributed by atoms with Crippen molar-refractivity contribution < 1.29 is 4.79 Å². The second-order valence-electron chi connectivity index (χ2n) is 4.48. The van der Waals surface area contributed by atoms with Crippen LogP contribution in [0.15, 0.2) is 0 Å². The highest BCUT2D eigenvalue weighted by molar-refractivity contribution is 5.77. The molecule has 0 aromatic heterocycles. The number of hydrogen-bond acceptors (Lipinski definition) is 2. The Balaban J connectivity index is 3.36. The van der Waals surface area contributed by atoms with Crippen LogP contribution in [0.2, 0.25) is 0 Å². The normalized spacial score (nSPS) is 12.4. The van der Waals surface area contributed by atoms with Gasteiger partial charge in [0, 0.05) is 12.6 Å². The van der Waals surface area contributed by atoms with Crippen LogP contribution in [-0.2, 0) is 4.79 Å². The van der Waals surface area contributed by atoms with E-state index in [2.05, 4.69) is 31.4 Å². The fraction of sp³-hybridized carbons (Fsp3) is 0.923. The van der Waals surface area contributed by atoms with Gasteiger partial charge in [0.15, 0.2) is 0 Å². The van der Waals surface area contributed by atoms with Crippen molar-refractivity contribution in [3.8, 4) is 0 Å². The molecule has 0 heterocycles. The van der Waals surface area contributed by atoms with Crippen LogP contribution in [0.25, 0.3) is 0 Å². The summed E-state index contributed by atoms with van der Waals surface area (Å²) >= 11 is 0. The summed E-state index contributed by atoms with van der Waals surface area (Å²) in [5, 5.41) is 6.16. The quantitative estimate of drug-likeness (QED) is 0.564. The van der Waals surface area contributed by atoms with Crippen LogP contribution in [0, 0.1) is 0 Å². The van der Waals surface area contributed by atoms with Gasteiger partial charge >= 0.3 is 0 Å². The third-order valence-corrected chi connectivity index (χ3v) is 2.70. The standard InChI is InChI=1S/C13H28N2O/c1-4-6-8-9-12(3)15-11-13(16)14-10-7-5-2/h12,15H,4-11H2,1-3H3,(H,14,16). The van der Waals surface area contributed by atoms with E-state index >= 15 is 0 Å². The highest BCUT2D eigenvalue weighted by atomic mass is 16.1. The van der Waals surface area contributed by atoms with Crippen LogP contribution >= 0.6 is 0 Å². The van der Waals surface area contributed by atoms with Crippen LogP contribution in [0.4, 0.5) is 0 Å². The molecule has 0 aromatic rings. The number of amides is 1. The monoisotopic (exact) mass is 228 g/mol. The maximum atomic E-state index is 11.4. The summed E-state index contributed by atoms with van der Waals surface area (Å²) in [5.41, 5.74) is 0. The van der Waals surface area contributed by atoms with E-state index in [0.717, 1.165) is 25.8 Å². The molecular formula is C13H28N2O. The summed E-state index contributed by atoms with van der Waals surface area (Å²) in [6.07, 6.45) is 7.15. The van der Waals surface area contributed by atoms with Crippen molar-refractivity contribution in [3.63, 3.8) is 0 Å². The van der Waals surface area contributed by atoms with E-state index in [1.54, 1.807) is 0 Å². The van der Waals surface area contributed by atoms with Crippen LogP contribution in [-0.4, -0.2) is 25.0 Å². The van der Waals surface area contributed by atoms with E-state index in [4.69, 9.17) is 0 Å². The van der Waals surface area contributed by atoms with Crippen LogP contribution < -0.4 is 10.6 Å². The molecule has 3 nitrogen and oxygen atoms in total. The molecule has 0 aromatic carbocycles. The third kappa shape index (κ3) is 9.97. The van der Waals surface area contributed by atoms with Crippen LogP contribution in [0.1, 0.15) is 59.3 Å². The van der Waals surface area contributed by atoms with Crippen molar-refractivity contribution >= 4 is 5.91 Å². The summed E-state index contributed by atoms with van der Waals surface area (Å²) in [4.78, 5) is 11.4. The molecule has 0 aliphatic carbocycles. The van der Waals surface area contributed by atoms with Gasteiger partial charge < -0.3 is 10.6 Å². The fourth-order valence-electron chi connectivity index (χ4n) is 1.54. The van der Waals surface area contributed by atoms with Gasteiger partial charge in [-0.25, -0.2) is 0 Å². The minimum Gasteiger partial charge on any atom is -0.355 e. The summed E-state index contributed by atoms with van der Waals surface area (Å²) in [5.74, 6) is 0.121. The molecule has 0 spiro atoms. The number of nitrogens with one attached hydrogen (secondary N) is 2. The van der Waals surface area contributed by atoms with Gasteiger partial charge in [0.25, 0.3) is 0 Å². The lowest BCUT2D eigenvalue weighted by Crippen LogP contribution is -2.38. The van der Waals surface area contributed by atoms with Gasteiger partial charge in [0.1, 0.15) is 0 Å². The van der Waals surface area contributed by atoms with E-state index in [9.17, 15) is 4.79 Å². The molecule has 3 heteroatoms. The maximum Gasteiger partial charge on any atom is 0.233 e. The number of hydrogen-bond donors (Lipinski definition) is 2. The van der Waals surface area contributed by atoms with Gasteiger partial charge in [0.2, 0.25) is 5.91 Å². The van der Waals surface area contributed by atoms with E-state index < -0.39 is 0 Å². The lowest BCUT2D eigenvalue weighted by Gasteiger charge is -2.13. The van der Waals surface area contributed by atoms with Crippen molar-refractivity contribution in [3.05, 3.63) is 0 Å². The van der Waals surface area contributed by atoms with Crippen molar-refractivity contribution in [2.45, 2.75) is 65.3 Å². The van der Waals surface area contributed by atoms with Gasteiger partial charge in [0.05, 0.1) is 6.54 Å². The Labute approximate surface area is 100 Å². The minimum absolute atomic E-state index is 0.121. The van der Waals surface area contributed by atoms with Gasteiger partial charge in [-0.05, 0) is 19.8 Å². The Morgan fingerprint density at radius 2 is 1.81 bits per heavy atom. The maximum absolute atomic E-state index is 11.4. The first-order chi connectivity index (χ1) is 7.70. The minimum atomic E-state index is 0.121. The fourth-order valence-corrected chi connectivity index (χ4v) is 1.54. The molecule has 0 saturated heterocycles. The molecule has 1 atom stereocenters. The average Bonchev–Trinajstić information content (AvgIpc) is 2.27. The van der Waals surface area contributed by atoms with Gasteiger partial charge in [-0.2, -0.15) is 0 Å². The zero-order valence-electron chi connectivity index (χ0n) is 11.1. The Morgan fingerprint density at radius 3 is 2.44 bits per heavy atom. The molecule has 1 amide bonds. The lowest BCUT2D eigenvalue weighted by molar-refractivity contribution is -0.120. The number of carbonyl (C=O) groups excluding carboxylic acids is 1. The molecule has 0 fully saturated rings. The molecule has 16 heavy (non-hydrogen) atoms. The zero-order valence-corrected chi connectivity index (χ0v) is 11.1. The highest BCUT2D eigenvalue weighted by Gasteiger charge is 2.04. The van der Waals surface area contributed by atoms with E-state index in [1.807, 2.05) is 0 Å². The number of unbranched alkanes of at least 4 members (excludes halogenated alkanes) is 3. The number of rotatable bonds is 10. The first-order valence-corrected chi connectivity index (χ1v) is 6.70. The largest absolute Gasteiger partial charge is 0.355 e. The molecule has 1 unspecified atom stereocenters. The Kier molecular flexibility index (Phi) is 10.5. The molecule has 0 aliphatic heterocycles. The summed E-state index contributed by atoms with van der Waals surface area (Å²) in [6.45, 7) is 7.74. The predicted molar refractivity (Wildman–Crippen MR) is 69.5 cm³/mol. The Morgan fingerprint density at radius 1 is 1.12 bits per heavy atom. The molecule has 0 saturated carbocycles.